The zero-order valence-corrected chi connectivity index (χ0v) is 8.77. The second-order valence-corrected chi connectivity index (χ2v) is 3.55. The van der Waals surface area contributed by atoms with Crippen molar-refractivity contribution in [3.8, 4) is 11.3 Å². The summed E-state index contributed by atoms with van der Waals surface area (Å²) in [5.74, 6) is 0. The van der Waals surface area contributed by atoms with Gasteiger partial charge >= 0.3 is 0 Å². The third-order valence-electron chi connectivity index (χ3n) is 2.43. The normalized spacial score (nSPS) is 10.3. The van der Waals surface area contributed by atoms with E-state index in [4.69, 9.17) is 0 Å². The first-order valence-electron chi connectivity index (χ1n) is 4.76. The zero-order valence-electron chi connectivity index (χ0n) is 8.77. The van der Waals surface area contributed by atoms with Gasteiger partial charge in [0.2, 0.25) is 0 Å². The van der Waals surface area contributed by atoms with E-state index in [2.05, 4.69) is 5.10 Å². The molecule has 3 nitrogen and oxygen atoms in total. The molecule has 0 atom stereocenters. The molecule has 0 unspecified atom stereocenters. The van der Waals surface area contributed by atoms with E-state index < -0.39 is 0 Å². The Morgan fingerprint density at radius 1 is 1.33 bits per heavy atom. The number of hydrogen-bond donors (Lipinski definition) is 0. The molecular formula is C12H12N2O. The lowest BCUT2D eigenvalue weighted by molar-refractivity contribution is 0.112. The average molecular weight is 200 g/mol. The summed E-state index contributed by atoms with van der Waals surface area (Å²) in [6.45, 7) is 2.01. The van der Waals surface area contributed by atoms with Crippen molar-refractivity contribution in [2.45, 2.75) is 6.92 Å². The van der Waals surface area contributed by atoms with Crippen LogP contribution in [0, 0.1) is 6.92 Å². The number of benzene rings is 1. The van der Waals surface area contributed by atoms with Crippen LogP contribution in [0.25, 0.3) is 11.3 Å². The van der Waals surface area contributed by atoms with Crippen LogP contribution in [0.5, 0.6) is 0 Å². The van der Waals surface area contributed by atoms with Gasteiger partial charge < -0.3 is 0 Å². The zero-order chi connectivity index (χ0) is 10.8. The van der Waals surface area contributed by atoms with Crippen molar-refractivity contribution in [1.82, 2.24) is 9.78 Å². The molecule has 0 aliphatic rings. The van der Waals surface area contributed by atoms with Crippen LogP contribution in [0.2, 0.25) is 0 Å². The minimum atomic E-state index is 0.698. The number of aromatic nitrogens is 2. The topological polar surface area (TPSA) is 34.9 Å². The molecule has 0 saturated heterocycles. The molecule has 0 bridgehead atoms. The molecule has 2 aromatic rings. The van der Waals surface area contributed by atoms with Gasteiger partial charge in [-0.25, -0.2) is 0 Å². The Bertz CT molecular complexity index is 500. The van der Waals surface area contributed by atoms with Gasteiger partial charge in [0.25, 0.3) is 0 Å². The van der Waals surface area contributed by atoms with Crippen LogP contribution in [0.3, 0.4) is 0 Å². The summed E-state index contributed by atoms with van der Waals surface area (Å²) in [5, 5.41) is 4.10. The molecule has 2 rings (SSSR count). The number of carbonyl (C=O) groups is 1. The van der Waals surface area contributed by atoms with Crippen LogP contribution in [-0.4, -0.2) is 16.1 Å². The van der Waals surface area contributed by atoms with Gasteiger partial charge in [0.1, 0.15) is 0 Å². The van der Waals surface area contributed by atoms with E-state index in [1.165, 1.54) is 0 Å². The molecule has 1 aromatic heterocycles. The van der Waals surface area contributed by atoms with Crippen LogP contribution in [0.4, 0.5) is 0 Å². The molecule has 0 spiro atoms. The SMILES string of the molecule is Cc1ccc(C=O)c(-c2ccnn2C)c1. The molecule has 0 N–H and O–H groups in total. The highest BCUT2D eigenvalue weighted by Crippen LogP contribution is 2.22. The Hall–Kier alpha value is -1.90. The van der Waals surface area contributed by atoms with Gasteiger partial charge in [0.05, 0.1) is 5.69 Å². The number of rotatable bonds is 2. The van der Waals surface area contributed by atoms with Gasteiger partial charge in [0, 0.05) is 24.4 Å². The number of aryl methyl sites for hydroxylation is 2. The summed E-state index contributed by atoms with van der Waals surface area (Å²) in [5.41, 5.74) is 3.73. The molecule has 15 heavy (non-hydrogen) atoms. The van der Waals surface area contributed by atoms with Crippen molar-refractivity contribution < 1.29 is 4.79 Å². The molecule has 0 radical (unpaired) electrons. The van der Waals surface area contributed by atoms with Gasteiger partial charge in [0.15, 0.2) is 6.29 Å². The highest BCUT2D eigenvalue weighted by atomic mass is 16.1. The second kappa shape index (κ2) is 3.69. The third-order valence-corrected chi connectivity index (χ3v) is 2.43. The lowest BCUT2D eigenvalue weighted by Crippen LogP contribution is -1.96. The quantitative estimate of drug-likeness (QED) is 0.696. The van der Waals surface area contributed by atoms with Crippen molar-refractivity contribution in [3.63, 3.8) is 0 Å². The van der Waals surface area contributed by atoms with Crippen molar-refractivity contribution in [1.29, 1.82) is 0 Å². The summed E-state index contributed by atoms with van der Waals surface area (Å²) < 4.78 is 1.77. The van der Waals surface area contributed by atoms with E-state index in [1.54, 1.807) is 10.9 Å². The summed E-state index contributed by atoms with van der Waals surface area (Å²) in [6, 6.07) is 7.68. The monoisotopic (exact) mass is 200 g/mol. The van der Waals surface area contributed by atoms with Crippen LogP contribution < -0.4 is 0 Å². The second-order valence-electron chi connectivity index (χ2n) is 3.55. The van der Waals surface area contributed by atoms with Gasteiger partial charge in [-0.15, -0.1) is 0 Å². The number of hydrogen-bond acceptors (Lipinski definition) is 2. The summed E-state index contributed by atoms with van der Waals surface area (Å²) in [7, 11) is 1.87. The first-order valence-corrected chi connectivity index (χ1v) is 4.76. The fraction of sp³-hybridized carbons (Fsp3) is 0.167. The van der Waals surface area contributed by atoms with Crippen LogP contribution in [0.1, 0.15) is 15.9 Å². The first kappa shape index (κ1) is 9.65. The average Bonchev–Trinajstić information content (AvgIpc) is 2.64. The largest absolute Gasteiger partial charge is 0.298 e. The minimum Gasteiger partial charge on any atom is -0.298 e. The third kappa shape index (κ3) is 1.68. The van der Waals surface area contributed by atoms with Gasteiger partial charge in [-0.3, -0.25) is 9.48 Å². The van der Waals surface area contributed by atoms with E-state index in [0.717, 1.165) is 23.1 Å². The van der Waals surface area contributed by atoms with Crippen LogP contribution >= 0.6 is 0 Å². The van der Waals surface area contributed by atoms with Crippen LogP contribution in [-0.2, 0) is 7.05 Å². The number of carbonyl (C=O) groups excluding carboxylic acids is 1. The maximum absolute atomic E-state index is 10.9. The smallest absolute Gasteiger partial charge is 0.150 e. The predicted molar refractivity (Wildman–Crippen MR) is 58.8 cm³/mol. The van der Waals surface area contributed by atoms with E-state index in [1.807, 2.05) is 38.2 Å². The van der Waals surface area contributed by atoms with Gasteiger partial charge in [-0.2, -0.15) is 5.10 Å². The molecule has 0 aliphatic heterocycles. The molecule has 0 fully saturated rings. The van der Waals surface area contributed by atoms with Crippen molar-refractivity contribution >= 4 is 6.29 Å². The Kier molecular flexibility index (Phi) is 2.37. The Labute approximate surface area is 88.4 Å². The fourth-order valence-electron chi connectivity index (χ4n) is 1.63. The number of nitrogens with zero attached hydrogens (tertiary/aromatic N) is 2. The van der Waals surface area contributed by atoms with E-state index in [9.17, 15) is 4.79 Å². The maximum atomic E-state index is 10.9. The lowest BCUT2D eigenvalue weighted by atomic mass is 10.0. The minimum absolute atomic E-state index is 0.698. The fourth-order valence-corrected chi connectivity index (χ4v) is 1.63. The van der Waals surface area contributed by atoms with Gasteiger partial charge in [-0.05, 0) is 19.1 Å². The van der Waals surface area contributed by atoms with E-state index >= 15 is 0 Å². The van der Waals surface area contributed by atoms with Crippen molar-refractivity contribution in [2.75, 3.05) is 0 Å². The molecule has 0 aliphatic carbocycles. The van der Waals surface area contributed by atoms with E-state index in [-0.39, 0.29) is 0 Å². The Balaban J connectivity index is 2.65. The van der Waals surface area contributed by atoms with E-state index in [0.29, 0.717) is 5.56 Å². The van der Waals surface area contributed by atoms with Crippen LogP contribution in [0.15, 0.2) is 30.5 Å². The molecular weight excluding hydrogens is 188 g/mol. The molecule has 0 saturated carbocycles. The molecule has 1 aromatic carbocycles. The van der Waals surface area contributed by atoms with Crippen molar-refractivity contribution in [2.24, 2.45) is 7.05 Å². The highest BCUT2D eigenvalue weighted by Gasteiger charge is 2.07. The molecule has 1 heterocycles. The summed E-state index contributed by atoms with van der Waals surface area (Å²) in [4.78, 5) is 10.9. The van der Waals surface area contributed by atoms with Crippen molar-refractivity contribution in [3.05, 3.63) is 41.6 Å². The maximum Gasteiger partial charge on any atom is 0.150 e. The molecule has 76 valence electrons. The summed E-state index contributed by atoms with van der Waals surface area (Å²) in [6.07, 6.45) is 2.61. The Morgan fingerprint density at radius 3 is 2.73 bits per heavy atom. The lowest BCUT2D eigenvalue weighted by Gasteiger charge is -2.06. The summed E-state index contributed by atoms with van der Waals surface area (Å²) >= 11 is 0. The molecule has 3 heteroatoms. The standard InChI is InChI=1S/C12H12N2O/c1-9-3-4-10(8-15)11(7-9)12-5-6-13-14(12)2/h3-8H,1-2H3. The highest BCUT2D eigenvalue weighted by molar-refractivity contribution is 5.86. The number of aldehydes is 1. The molecule has 0 amide bonds. The predicted octanol–water partition coefficient (Wildman–Crippen LogP) is 2.21. The first-order chi connectivity index (χ1) is 7.22. The Morgan fingerprint density at radius 2 is 2.13 bits per heavy atom. The van der Waals surface area contributed by atoms with Gasteiger partial charge in [-0.1, -0.05) is 17.7 Å².